The topological polar surface area (TPSA) is 93.4 Å². The number of carbonyl (C=O) groups is 1. The molecule has 2 heterocycles. The SMILES string of the molecule is Cc1cc(NCCNC(=O)c2ccccc2OCc2ccc(F)cc2)n2ncnc2n1. The maximum atomic E-state index is 13.0. The highest BCUT2D eigenvalue weighted by atomic mass is 19.1. The average Bonchev–Trinajstić information content (AvgIpc) is 3.25. The molecule has 0 saturated carbocycles. The van der Waals surface area contributed by atoms with Gasteiger partial charge in [-0.3, -0.25) is 4.79 Å². The van der Waals surface area contributed by atoms with Crippen LogP contribution in [-0.4, -0.2) is 38.6 Å². The number of anilines is 1. The largest absolute Gasteiger partial charge is 0.488 e. The number of rotatable bonds is 8. The van der Waals surface area contributed by atoms with Gasteiger partial charge in [0.2, 0.25) is 0 Å². The van der Waals surface area contributed by atoms with Crippen LogP contribution in [0.2, 0.25) is 0 Å². The van der Waals surface area contributed by atoms with Crippen LogP contribution in [0.4, 0.5) is 10.2 Å². The lowest BCUT2D eigenvalue weighted by molar-refractivity contribution is 0.0950. The molecule has 0 spiro atoms. The van der Waals surface area contributed by atoms with Crippen LogP contribution in [0.15, 0.2) is 60.9 Å². The maximum Gasteiger partial charge on any atom is 0.255 e. The molecule has 0 radical (unpaired) electrons. The molecule has 0 fully saturated rings. The number of amides is 1. The molecule has 0 atom stereocenters. The first kappa shape index (κ1) is 20.3. The Labute approximate surface area is 178 Å². The average molecular weight is 420 g/mol. The lowest BCUT2D eigenvalue weighted by Crippen LogP contribution is -2.29. The van der Waals surface area contributed by atoms with Crippen molar-refractivity contribution >= 4 is 17.5 Å². The van der Waals surface area contributed by atoms with Crippen LogP contribution in [0, 0.1) is 12.7 Å². The summed E-state index contributed by atoms with van der Waals surface area (Å²) in [6.45, 7) is 3.00. The first-order valence-electron chi connectivity index (χ1n) is 9.76. The smallest absolute Gasteiger partial charge is 0.255 e. The Morgan fingerprint density at radius 2 is 1.94 bits per heavy atom. The summed E-state index contributed by atoms with van der Waals surface area (Å²) in [5, 5.41) is 10.2. The number of ether oxygens (including phenoxy) is 1. The van der Waals surface area contributed by atoms with Gasteiger partial charge in [0, 0.05) is 24.8 Å². The number of hydrogen-bond donors (Lipinski definition) is 2. The van der Waals surface area contributed by atoms with E-state index in [1.165, 1.54) is 18.5 Å². The Balaban J connectivity index is 1.33. The summed E-state index contributed by atoms with van der Waals surface area (Å²) >= 11 is 0. The second-order valence-electron chi connectivity index (χ2n) is 6.85. The first-order chi connectivity index (χ1) is 15.1. The molecule has 158 valence electrons. The Bertz CT molecular complexity index is 1190. The molecule has 2 aromatic carbocycles. The Morgan fingerprint density at radius 3 is 2.77 bits per heavy atom. The molecule has 2 aromatic heterocycles. The Morgan fingerprint density at radius 1 is 1.13 bits per heavy atom. The van der Waals surface area contributed by atoms with E-state index in [1.807, 2.05) is 13.0 Å². The highest BCUT2D eigenvalue weighted by molar-refractivity contribution is 5.96. The predicted molar refractivity (Wildman–Crippen MR) is 114 cm³/mol. The third-order valence-corrected chi connectivity index (χ3v) is 4.54. The van der Waals surface area contributed by atoms with E-state index in [4.69, 9.17) is 4.74 Å². The van der Waals surface area contributed by atoms with Crippen molar-refractivity contribution in [1.82, 2.24) is 24.9 Å². The number of benzene rings is 2. The highest BCUT2D eigenvalue weighted by Gasteiger charge is 2.12. The van der Waals surface area contributed by atoms with Gasteiger partial charge in [0.05, 0.1) is 5.56 Å². The third kappa shape index (κ3) is 4.95. The predicted octanol–water partition coefficient (Wildman–Crippen LogP) is 2.99. The van der Waals surface area contributed by atoms with Crippen molar-refractivity contribution in [2.24, 2.45) is 0 Å². The van der Waals surface area contributed by atoms with E-state index >= 15 is 0 Å². The minimum absolute atomic E-state index is 0.238. The molecule has 4 rings (SSSR count). The lowest BCUT2D eigenvalue weighted by atomic mass is 10.2. The molecule has 2 N–H and O–H groups in total. The standard InChI is InChI=1S/C22H21FN6O2/c1-15-12-20(29-22(28-15)26-14-27-29)24-10-11-25-21(30)18-4-2-3-5-19(18)31-13-16-6-8-17(23)9-7-16/h2-9,12,14,24H,10-11,13H2,1H3,(H,25,30). The lowest BCUT2D eigenvalue weighted by Gasteiger charge is -2.13. The summed E-state index contributed by atoms with van der Waals surface area (Å²) in [6.07, 6.45) is 1.44. The number of carbonyl (C=O) groups excluding carboxylic acids is 1. The molecule has 8 nitrogen and oxygen atoms in total. The van der Waals surface area contributed by atoms with Gasteiger partial charge < -0.3 is 15.4 Å². The fourth-order valence-electron chi connectivity index (χ4n) is 3.04. The van der Waals surface area contributed by atoms with E-state index in [9.17, 15) is 9.18 Å². The fraction of sp³-hybridized carbons (Fsp3) is 0.182. The number of aryl methyl sites for hydroxylation is 1. The van der Waals surface area contributed by atoms with Crippen molar-refractivity contribution in [3.63, 3.8) is 0 Å². The van der Waals surface area contributed by atoms with Crippen LogP contribution in [0.1, 0.15) is 21.6 Å². The Kier molecular flexibility index (Phi) is 6.02. The van der Waals surface area contributed by atoms with Crippen molar-refractivity contribution in [3.8, 4) is 5.75 Å². The zero-order valence-corrected chi connectivity index (χ0v) is 16.9. The van der Waals surface area contributed by atoms with Crippen molar-refractivity contribution in [2.75, 3.05) is 18.4 Å². The zero-order chi connectivity index (χ0) is 21.6. The second-order valence-corrected chi connectivity index (χ2v) is 6.85. The molecule has 0 saturated heterocycles. The van der Waals surface area contributed by atoms with E-state index in [0.29, 0.717) is 30.2 Å². The zero-order valence-electron chi connectivity index (χ0n) is 16.9. The molecule has 0 bridgehead atoms. The van der Waals surface area contributed by atoms with Gasteiger partial charge in [-0.2, -0.15) is 14.6 Å². The van der Waals surface area contributed by atoms with Crippen LogP contribution < -0.4 is 15.4 Å². The van der Waals surface area contributed by atoms with Crippen molar-refractivity contribution in [1.29, 1.82) is 0 Å². The van der Waals surface area contributed by atoms with Crippen molar-refractivity contribution in [3.05, 3.63) is 83.6 Å². The number of nitrogens with zero attached hydrogens (tertiary/aromatic N) is 4. The minimum Gasteiger partial charge on any atom is -0.488 e. The van der Waals surface area contributed by atoms with Gasteiger partial charge in [0.1, 0.15) is 30.3 Å². The summed E-state index contributed by atoms with van der Waals surface area (Å²) in [6, 6.07) is 14.9. The molecule has 0 aliphatic heterocycles. The van der Waals surface area contributed by atoms with Crippen molar-refractivity contribution in [2.45, 2.75) is 13.5 Å². The monoisotopic (exact) mass is 420 g/mol. The fourth-order valence-corrected chi connectivity index (χ4v) is 3.04. The molecular formula is C22H21FN6O2. The van der Waals surface area contributed by atoms with E-state index in [1.54, 1.807) is 40.9 Å². The van der Waals surface area contributed by atoms with Gasteiger partial charge in [-0.25, -0.2) is 9.37 Å². The van der Waals surface area contributed by atoms with Gasteiger partial charge in [-0.15, -0.1) is 0 Å². The third-order valence-electron chi connectivity index (χ3n) is 4.54. The maximum absolute atomic E-state index is 13.0. The summed E-state index contributed by atoms with van der Waals surface area (Å²) in [4.78, 5) is 21.0. The quantitative estimate of drug-likeness (QED) is 0.426. The van der Waals surface area contributed by atoms with E-state index in [-0.39, 0.29) is 18.3 Å². The van der Waals surface area contributed by atoms with E-state index in [2.05, 4.69) is 25.7 Å². The van der Waals surface area contributed by atoms with Crippen LogP contribution in [0.25, 0.3) is 5.78 Å². The van der Waals surface area contributed by atoms with Crippen LogP contribution in [0.3, 0.4) is 0 Å². The summed E-state index contributed by atoms with van der Waals surface area (Å²) < 4.78 is 20.4. The van der Waals surface area contributed by atoms with Crippen molar-refractivity contribution < 1.29 is 13.9 Å². The first-order valence-corrected chi connectivity index (χ1v) is 9.76. The molecule has 9 heteroatoms. The number of halogens is 1. The second kappa shape index (κ2) is 9.21. The number of fused-ring (bicyclic) bond motifs is 1. The van der Waals surface area contributed by atoms with Gasteiger partial charge >= 0.3 is 0 Å². The number of para-hydroxylation sites is 1. The molecule has 4 aromatic rings. The van der Waals surface area contributed by atoms with E-state index in [0.717, 1.165) is 17.1 Å². The molecule has 0 aliphatic rings. The van der Waals surface area contributed by atoms with Crippen LogP contribution in [0.5, 0.6) is 5.75 Å². The van der Waals surface area contributed by atoms with Gasteiger partial charge in [-0.1, -0.05) is 24.3 Å². The van der Waals surface area contributed by atoms with Gasteiger partial charge in [0.15, 0.2) is 0 Å². The molecule has 31 heavy (non-hydrogen) atoms. The van der Waals surface area contributed by atoms with Crippen LogP contribution >= 0.6 is 0 Å². The number of nitrogens with one attached hydrogen (secondary N) is 2. The minimum atomic E-state index is -0.302. The molecule has 0 unspecified atom stereocenters. The molecular weight excluding hydrogens is 399 g/mol. The normalized spacial score (nSPS) is 10.8. The molecule has 0 aliphatic carbocycles. The van der Waals surface area contributed by atoms with Gasteiger partial charge in [-0.05, 0) is 36.8 Å². The summed E-state index contributed by atoms with van der Waals surface area (Å²) in [5.74, 6) is 1.18. The molecule has 1 amide bonds. The van der Waals surface area contributed by atoms with Crippen LogP contribution in [-0.2, 0) is 6.61 Å². The summed E-state index contributed by atoms with van der Waals surface area (Å²) in [5.41, 5.74) is 2.06. The number of hydrogen-bond acceptors (Lipinski definition) is 6. The summed E-state index contributed by atoms with van der Waals surface area (Å²) in [7, 11) is 0. The Hall–Kier alpha value is -4.01. The number of aromatic nitrogens is 4. The highest BCUT2D eigenvalue weighted by Crippen LogP contribution is 2.19. The van der Waals surface area contributed by atoms with Gasteiger partial charge in [0.25, 0.3) is 11.7 Å². The van der Waals surface area contributed by atoms with E-state index < -0.39 is 0 Å².